The molecule has 1 aromatic rings. The number of rotatable bonds is 2. The number of benzene rings is 1. The Kier molecular flexibility index (Phi) is 4.15. The van der Waals surface area contributed by atoms with E-state index in [1.54, 1.807) is 11.0 Å². The Bertz CT molecular complexity index is 563. The third-order valence-corrected chi connectivity index (χ3v) is 3.86. The Morgan fingerprint density at radius 3 is 2.57 bits per heavy atom. The summed E-state index contributed by atoms with van der Waals surface area (Å²) in [6.45, 7) is 4.37. The number of halogens is 3. The number of nitriles is 1. The second-order valence-corrected chi connectivity index (χ2v) is 5.62. The molecule has 0 amide bonds. The Morgan fingerprint density at radius 2 is 2.05 bits per heavy atom. The minimum absolute atomic E-state index is 0.118. The second-order valence-electron chi connectivity index (χ2n) is 5.62. The molecule has 1 aromatic carbocycles. The molecule has 1 fully saturated rings. The van der Waals surface area contributed by atoms with Gasteiger partial charge in [-0.15, -0.1) is 0 Å². The molecule has 0 aromatic heterocycles. The fourth-order valence-electron chi connectivity index (χ4n) is 2.95. The largest absolute Gasteiger partial charge is 0.417 e. The van der Waals surface area contributed by atoms with Gasteiger partial charge in [-0.25, -0.2) is 0 Å². The van der Waals surface area contributed by atoms with Crippen molar-refractivity contribution in [2.75, 3.05) is 11.4 Å². The molecule has 0 spiro atoms. The Hall–Kier alpha value is -1.74. The van der Waals surface area contributed by atoms with Gasteiger partial charge in [0.1, 0.15) is 0 Å². The smallest absolute Gasteiger partial charge is 0.391 e. The van der Waals surface area contributed by atoms with E-state index in [2.05, 4.69) is 0 Å². The zero-order valence-corrected chi connectivity index (χ0v) is 11.9. The van der Waals surface area contributed by atoms with Gasteiger partial charge < -0.3 is 10.0 Å². The summed E-state index contributed by atoms with van der Waals surface area (Å²) in [5.74, 6) is 0.118. The van der Waals surface area contributed by atoms with Gasteiger partial charge >= 0.3 is 6.18 Å². The number of nitrogens with zero attached hydrogens (tertiary/aromatic N) is 2. The van der Waals surface area contributed by atoms with E-state index in [1.807, 2.05) is 13.8 Å². The maximum absolute atomic E-state index is 13.0. The number of hydrogen-bond donors (Lipinski definition) is 1. The monoisotopic (exact) mass is 298 g/mol. The van der Waals surface area contributed by atoms with Gasteiger partial charge in [0.05, 0.1) is 29.3 Å². The summed E-state index contributed by atoms with van der Waals surface area (Å²) in [6.07, 6.45) is -4.58. The van der Waals surface area contributed by atoms with Crippen molar-refractivity contribution >= 4 is 5.69 Å². The highest BCUT2D eigenvalue weighted by molar-refractivity contribution is 5.56. The molecule has 1 aliphatic heterocycles. The van der Waals surface area contributed by atoms with Gasteiger partial charge in [-0.05, 0) is 30.5 Å². The fourth-order valence-corrected chi connectivity index (χ4v) is 2.95. The Labute approximate surface area is 121 Å². The average Bonchev–Trinajstić information content (AvgIpc) is 2.79. The van der Waals surface area contributed by atoms with E-state index in [0.29, 0.717) is 18.7 Å². The first kappa shape index (κ1) is 15.6. The molecule has 2 unspecified atom stereocenters. The molecule has 21 heavy (non-hydrogen) atoms. The van der Waals surface area contributed by atoms with Crippen LogP contribution in [0.5, 0.6) is 0 Å². The zero-order chi connectivity index (χ0) is 15.8. The Morgan fingerprint density at radius 1 is 1.38 bits per heavy atom. The highest BCUT2D eigenvalue weighted by atomic mass is 19.4. The van der Waals surface area contributed by atoms with Crippen molar-refractivity contribution in [1.29, 1.82) is 5.26 Å². The van der Waals surface area contributed by atoms with Crippen LogP contribution in [0.15, 0.2) is 18.2 Å². The van der Waals surface area contributed by atoms with Crippen molar-refractivity contribution in [3.05, 3.63) is 29.3 Å². The van der Waals surface area contributed by atoms with E-state index in [1.165, 1.54) is 12.1 Å². The van der Waals surface area contributed by atoms with Crippen LogP contribution in [0.25, 0.3) is 0 Å². The summed E-state index contributed by atoms with van der Waals surface area (Å²) in [5, 5.41) is 18.8. The van der Waals surface area contributed by atoms with Gasteiger partial charge in [-0.3, -0.25) is 0 Å². The maximum Gasteiger partial charge on any atom is 0.417 e. The summed E-state index contributed by atoms with van der Waals surface area (Å²) in [5.41, 5.74) is -0.907. The molecule has 1 N–H and O–H groups in total. The van der Waals surface area contributed by atoms with Gasteiger partial charge in [-0.1, -0.05) is 13.8 Å². The standard InChI is InChI=1S/C15H17F3N2O/c1-9(2)14-13(21)5-6-20(14)11-4-3-10(8-19)12(7-11)15(16,17)18/h3-4,7,9,13-14,21H,5-6H2,1-2H3. The molecule has 0 aliphatic carbocycles. The molecular formula is C15H17F3N2O. The lowest BCUT2D eigenvalue weighted by molar-refractivity contribution is -0.137. The summed E-state index contributed by atoms with van der Waals surface area (Å²) in [7, 11) is 0. The predicted molar refractivity (Wildman–Crippen MR) is 72.8 cm³/mol. The predicted octanol–water partition coefficient (Wildman–Crippen LogP) is 3.17. The topological polar surface area (TPSA) is 47.3 Å². The second kappa shape index (κ2) is 5.57. The highest BCUT2D eigenvalue weighted by Crippen LogP contribution is 2.37. The molecule has 0 bridgehead atoms. The number of anilines is 1. The number of aliphatic hydroxyl groups is 1. The van der Waals surface area contributed by atoms with Gasteiger partial charge in [0.25, 0.3) is 0 Å². The van der Waals surface area contributed by atoms with Crippen LogP contribution in [0.4, 0.5) is 18.9 Å². The molecule has 3 nitrogen and oxygen atoms in total. The maximum atomic E-state index is 13.0. The molecule has 1 aliphatic rings. The molecule has 114 valence electrons. The van der Waals surface area contributed by atoms with Crippen molar-refractivity contribution in [2.45, 2.75) is 38.6 Å². The molecule has 6 heteroatoms. The van der Waals surface area contributed by atoms with Crippen LogP contribution >= 0.6 is 0 Å². The van der Waals surface area contributed by atoms with Gasteiger partial charge in [0.2, 0.25) is 0 Å². The number of aliphatic hydroxyl groups excluding tert-OH is 1. The van der Waals surface area contributed by atoms with Crippen LogP contribution in [-0.2, 0) is 6.18 Å². The third kappa shape index (κ3) is 2.98. The molecule has 2 atom stereocenters. The van der Waals surface area contributed by atoms with E-state index >= 15 is 0 Å². The molecule has 1 saturated heterocycles. The Balaban J connectivity index is 2.44. The minimum Gasteiger partial charge on any atom is -0.391 e. The summed E-state index contributed by atoms with van der Waals surface area (Å²) < 4.78 is 39.0. The number of alkyl halides is 3. The summed E-state index contributed by atoms with van der Waals surface area (Å²) in [6, 6.07) is 5.08. The summed E-state index contributed by atoms with van der Waals surface area (Å²) >= 11 is 0. The van der Waals surface area contributed by atoms with Crippen LogP contribution in [0.1, 0.15) is 31.4 Å². The first-order chi connectivity index (χ1) is 9.75. The van der Waals surface area contributed by atoms with Crippen LogP contribution in [0.2, 0.25) is 0 Å². The van der Waals surface area contributed by atoms with E-state index in [4.69, 9.17) is 5.26 Å². The number of hydrogen-bond acceptors (Lipinski definition) is 3. The first-order valence-corrected chi connectivity index (χ1v) is 6.81. The van der Waals surface area contributed by atoms with Crippen molar-refractivity contribution in [3.8, 4) is 6.07 Å². The van der Waals surface area contributed by atoms with Crippen LogP contribution < -0.4 is 4.90 Å². The van der Waals surface area contributed by atoms with Crippen LogP contribution in [0.3, 0.4) is 0 Å². The first-order valence-electron chi connectivity index (χ1n) is 6.81. The quantitative estimate of drug-likeness (QED) is 0.912. The van der Waals surface area contributed by atoms with Gasteiger partial charge in [0, 0.05) is 12.2 Å². The molecule has 0 radical (unpaired) electrons. The van der Waals surface area contributed by atoms with E-state index in [-0.39, 0.29) is 17.5 Å². The molecule has 0 saturated carbocycles. The normalized spacial score (nSPS) is 22.7. The third-order valence-electron chi connectivity index (χ3n) is 3.86. The van der Waals surface area contributed by atoms with E-state index in [9.17, 15) is 18.3 Å². The van der Waals surface area contributed by atoms with E-state index in [0.717, 1.165) is 6.07 Å². The molecule has 1 heterocycles. The lowest BCUT2D eigenvalue weighted by Gasteiger charge is -2.31. The fraction of sp³-hybridized carbons (Fsp3) is 0.533. The van der Waals surface area contributed by atoms with Crippen molar-refractivity contribution in [3.63, 3.8) is 0 Å². The van der Waals surface area contributed by atoms with Crippen molar-refractivity contribution < 1.29 is 18.3 Å². The lowest BCUT2D eigenvalue weighted by Crippen LogP contribution is -2.39. The van der Waals surface area contributed by atoms with Crippen molar-refractivity contribution in [2.24, 2.45) is 5.92 Å². The van der Waals surface area contributed by atoms with Gasteiger partial charge in [0.15, 0.2) is 0 Å². The minimum atomic E-state index is -4.56. The zero-order valence-electron chi connectivity index (χ0n) is 11.9. The average molecular weight is 298 g/mol. The SMILES string of the molecule is CC(C)C1C(O)CCN1c1ccc(C#N)c(C(F)(F)F)c1. The molecule has 2 rings (SSSR count). The van der Waals surface area contributed by atoms with Crippen LogP contribution in [-0.4, -0.2) is 23.8 Å². The molecular weight excluding hydrogens is 281 g/mol. The van der Waals surface area contributed by atoms with E-state index < -0.39 is 17.8 Å². The van der Waals surface area contributed by atoms with Gasteiger partial charge in [-0.2, -0.15) is 18.4 Å². The van der Waals surface area contributed by atoms with Crippen LogP contribution in [0, 0.1) is 17.2 Å². The lowest BCUT2D eigenvalue weighted by atomic mass is 9.98. The summed E-state index contributed by atoms with van der Waals surface area (Å²) in [4.78, 5) is 1.80. The highest BCUT2D eigenvalue weighted by Gasteiger charge is 2.38. The van der Waals surface area contributed by atoms with Crippen molar-refractivity contribution in [1.82, 2.24) is 0 Å².